The topological polar surface area (TPSA) is 34.0 Å². The van der Waals surface area contributed by atoms with E-state index in [2.05, 4.69) is 59.0 Å². The maximum absolute atomic E-state index is 4.59. The second-order valence-corrected chi connectivity index (χ2v) is 5.11. The molecule has 3 rings (SSSR count). The summed E-state index contributed by atoms with van der Waals surface area (Å²) in [6, 6.07) is 10.6. The summed E-state index contributed by atoms with van der Waals surface area (Å²) in [4.78, 5) is 11.2. The molecule has 1 aromatic carbocycles. The molecule has 0 spiro atoms. The lowest BCUT2D eigenvalue weighted by Crippen LogP contribution is -2.18. The van der Waals surface area contributed by atoms with Crippen molar-refractivity contribution < 1.29 is 0 Å². The molecule has 0 saturated carbocycles. The van der Waals surface area contributed by atoms with Gasteiger partial charge in [-0.25, -0.2) is 9.97 Å². The van der Waals surface area contributed by atoms with Gasteiger partial charge in [0.15, 0.2) is 0 Å². The fourth-order valence-electron chi connectivity index (χ4n) is 2.70. The Balaban J connectivity index is 2.11. The van der Waals surface area contributed by atoms with Crippen molar-refractivity contribution in [2.75, 3.05) is 11.4 Å². The Kier molecular flexibility index (Phi) is 3.60. The summed E-state index contributed by atoms with van der Waals surface area (Å²) in [6.45, 7) is 5.22. The highest BCUT2D eigenvalue weighted by atomic mass is 15.2. The van der Waals surface area contributed by atoms with Gasteiger partial charge >= 0.3 is 0 Å². The van der Waals surface area contributed by atoms with E-state index in [-0.39, 0.29) is 0 Å². The molecule has 0 saturated heterocycles. The van der Waals surface area contributed by atoms with E-state index >= 15 is 0 Å². The molecule has 0 atom stereocenters. The summed E-state index contributed by atoms with van der Waals surface area (Å²) in [5.74, 6) is 0.967. The minimum Gasteiger partial charge on any atom is -0.334 e. The average molecular weight is 280 g/mol. The molecule has 0 aliphatic carbocycles. The Bertz CT molecular complexity index is 760. The smallest absolute Gasteiger partial charge is 0.135 e. The van der Waals surface area contributed by atoms with Gasteiger partial charge in [0.25, 0.3) is 0 Å². The SMILES string of the molecule is CCc1ccccc1N(CC)c1cc2c(cn1)ncn2C. The molecule has 0 unspecified atom stereocenters. The molecule has 0 bridgehead atoms. The number of anilines is 2. The number of benzene rings is 1. The number of aromatic nitrogens is 3. The van der Waals surface area contributed by atoms with Crippen LogP contribution < -0.4 is 4.90 Å². The molecule has 0 aliphatic rings. The number of nitrogens with zero attached hydrogens (tertiary/aromatic N) is 4. The summed E-state index contributed by atoms with van der Waals surface area (Å²) >= 11 is 0. The number of hydrogen-bond acceptors (Lipinski definition) is 3. The van der Waals surface area contributed by atoms with Crippen molar-refractivity contribution in [1.29, 1.82) is 0 Å². The van der Waals surface area contributed by atoms with Crippen LogP contribution in [0.1, 0.15) is 19.4 Å². The summed E-state index contributed by atoms with van der Waals surface area (Å²) in [5, 5.41) is 0. The molecule has 4 heteroatoms. The Morgan fingerprint density at radius 1 is 1.14 bits per heavy atom. The van der Waals surface area contributed by atoms with Crippen LogP contribution in [0, 0.1) is 0 Å². The van der Waals surface area contributed by atoms with E-state index in [4.69, 9.17) is 0 Å². The number of fused-ring (bicyclic) bond motifs is 1. The van der Waals surface area contributed by atoms with Gasteiger partial charge in [0.1, 0.15) is 11.3 Å². The summed E-state index contributed by atoms with van der Waals surface area (Å²) < 4.78 is 2.03. The first-order chi connectivity index (χ1) is 10.2. The van der Waals surface area contributed by atoms with Crippen LogP contribution in [-0.2, 0) is 13.5 Å². The lowest BCUT2D eigenvalue weighted by molar-refractivity contribution is 0.942. The van der Waals surface area contributed by atoms with E-state index in [1.54, 1.807) is 0 Å². The van der Waals surface area contributed by atoms with Crippen LogP contribution in [0.15, 0.2) is 42.9 Å². The second-order valence-electron chi connectivity index (χ2n) is 5.11. The van der Waals surface area contributed by atoms with Gasteiger partial charge in [0, 0.05) is 25.3 Å². The fourth-order valence-corrected chi connectivity index (χ4v) is 2.70. The Labute approximate surface area is 125 Å². The molecule has 0 N–H and O–H groups in total. The highest BCUT2D eigenvalue weighted by Crippen LogP contribution is 2.28. The summed E-state index contributed by atoms with van der Waals surface area (Å²) in [6.07, 6.45) is 4.69. The van der Waals surface area contributed by atoms with Gasteiger partial charge in [-0.3, -0.25) is 0 Å². The van der Waals surface area contributed by atoms with Gasteiger partial charge < -0.3 is 9.47 Å². The molecule has 108 valence electrons. The van der Waals surface area contributed by atoms with E-state index in [9.17, 15) is 0 Å². The third kappa shape index (κ3) is 2.37. The third-order valence-electron chi connectivity index (χ3n) is 3.85. The van der Waals surface area contributed by atoms with Crippen LogP contribution in [0.3, 0.4) is 0 Å². The third-order valence-corrected chi connectivity index (χ3v) is 3.85. The predicted molar refractivity (Wildman–Crippen MR) is 87.0 cm³/mol. The average Bonchev–Trinajstić information content (AvgIpc) is 2.90. The van der Waals surface area contributed by atoms with Gasteiger partial charge in [-0.15, -0.1) is 0 Å². The van der Waals surface area contributed by atoms with Crippen molar-refractivity contribution in [2.45, 2.75) is 20.3 Å². The molecule has 4 nitrogen and oxygen atoms in total. The van der Waals surface area contributed by atoms with E-state index in [0.29, 0.717) is 0 Å². The quantitative estimate of drug-likeness (QED) is 0.731. The van der Waals surface area contributed by atoms with E-state index in [0.717, 1.165) is 29.8 Å². The predicted octanol–water partition coefficient (Wildman–Crippen LogP) is 3.69. The molecule has 0 radical (unpaired) electrons. The van der Waals surface area contributed by atoms with Crippen LogP contribution in [0.25, 0.3) is 11.0 Å². The zero-order chi connectivity index (χ0) is 14.8. The monoisotopic (exact) mass is 280 g/mol. The molecule has 0 amide bonds. The zero-order valence-corrected chi connectivity index (χ0v) is 12.7. The maximum Gasteiger partial charge on any atom is 0.135 e. The van der Waals surface area contributed by atoms with Crippen LogP contribution in [0.5, 0.6) is 0 Å². The number of pyridine rings is 1. The standard InChI is InChI=1S/C17H20N4/c1-4-13-8-6-7-9-15(13)21(5-2)17-10-16-14(11-18-17)19-12-20(16)3/h6-12H,4-5H2,1-3H3. The Morgan fingerprint density at radius 2 is 1.95 bits per heavy atom. The van der Waals surface area contributed by atoms with Crippen LogP contribution in [-0.4, -0.2) is 21.1 Å². The van der Waals surface area contributed by atoms with E-state index in [1.807, 2.05) is 24.1 Å². The van der Waals surface area contributed by atoms with Crippen molar-refractivity contribution in [3.8, 4) is 0 Å². The van der Waals surface area contributed by atoms with Crippen molar-refractivity contribution in [3.63, 3.8) is 0 Å². The fraction of sp³-hybridized carbons (Fsp3) is 0.294. The van der Waals surface area contributed by atoms with E-state index < -0.39 is 0 Å². The first-order valence-corrected chi connectivity index (χ1v) is 7.37. The lowest BCUT2D eigenvalue weighted by atomic mass is 10.1. The summed E-state index contributed by atoms with van der Waals surface area (Å²) in [7, 11) is 2.01. The highest BCUT2D eigenvalue weighted by molar-refractivity contribution is 5.79. The zero-order valence-electron chi connectivity index (χ0n) is 12.7. The molecule has 0 aliphatic heterocycles. The van der Waals surface area contributed by atoms with Gasteiger partial charge in [0.2, 0.25) is 0 Å². The largest absolute Gasteiger partial charge is 0.334 e. The maximum atomic E-state index is 4.59. The first kappa shape index (κ1) is 13.6. The lowest BCUT2D eigenvalue weighted by Gasteiger charge is -2.24. The normalized spacial score (nSPS) is 11.0. The molecular weight excluding hydrogens is 260 g/mol. The minimum atomic E-state index is 0.882. The number of imidazole rings is 1. The first-order valence-electron chi connectivity index (χ1n) is 7.37. The number of aryl methyl sites for hydroxylation is 2. The van der Waals surface area contributed by atoms with E-state index in [1.165, 1.54) is 11.3 Å². The highest BCUT2D eigenvalue weighted by Gasteiger charge is 2.13. The number of para-hydroxylation sites is 1. The van der Waals surface area contributed by atoms with Gasteiger partial charge in [0.05, 0.1) is 18.0 Å². The van der Waals surface area contributed by atoms with Crippen LogP contribution in [0.2, 0.25) is 0 Å². The van der Waals surface area contributed by atoms with Crippen molar-refractivity contribution in [2.24, 2.45) is 7.05 Å². The Hall–Kier alpha value is -2.36. The van der Waals surface area contributed by atoms with Crippen molar-refractivity contribution in [1.82, 2.24) is 14.5 Å². The number of hydrogen-bond donors (Lipinski definition) is 0. The minimum absolute atomic E-state index is 0.882. The molecule has 0 fully saturated rings. The molecule has 2 aromatic heterocycles. The molecule has 2 heterocycles. The summed E-state index contributed by atoms with van der Waals surface area (Å²) in [5.41, 5.74) is 4.61. The molecular formula is C17H20N4. The Morgan fingerprint density at radius 3 is 2.71 bits per heavy atom. The van der Waals surface area contributed by atoms with Gasteiger partial charge in [-0.2, -0.15) is 0 Å². The van der Waals surface area contributed by atoms with Crippen LogP contribution in [0.4, 0.5) is 11.5 Å². The second kappa shape index (κ2) is 5.56. The van der Waals surface area contributed by atoms with Crippen molar-refractivity contribution in [3.05, 3.63) is 48.4 Å². The van der Waals surface area contributed by atoms with Crippen molar-refractivity contribution >= 4 is 22.5 Å². The van der Waals surface area contributed by atoms with Crippen LogP contribution >= 0.6 is 0 Å². The number of rotatable bonds is 4. The van der Waals surface area contributed by atoms with Gasteiger partial charge in [-0.1, -0.05) is 25.1 Å². The molecule has 21 heavy (non-hydrogen) atoms. The van der Waals surface area contributed by atoms with Gasteiger partial charge in [-0.05, 0) is 25.0 Å². The molecule has 3 aromatic rings.